The molecule has 5 nitrogen and oxygen atoms in total. The molecule has 0 bridgehead atoms. The molecule has 1 heterocycles. The third-order valence-corrected chi connectivity index (χ3v) is 4.80. The molecule has 1 aromatic rings. The van der Waals surface area contributed by atoms with E-state index in [1.807, 2.05) is 6.92 Å². The number of nitrogens with one attached hydrogen (secondary N) is 1. The Bertz CT molecular complexity index is 568. The minimum absolute atomic E-state index is 0. The van der Waals surface area contributed by atoms with Crippen LogP contribution in [0.4, 0.5) is 4.39 Å². The maximum atomic E-state index is 13.8. The molecule has 2 N–H and O–H groups in total. The minimum Gasteiger partial charge on any atom is -0.386 e. The second-order valence-electron chi connectivity index (χ2n) is 6.34. The van der Waals surface area contributed by atoms with E-state index in [2.05, 4.69) is 34.0 Å². The van der Waals surface area contributed by atoms with Crippen LogP contribution in [0.15, 0.2) is 29.3 Å². The van der Waals surface area contributed by atoms with Crippen LogP contribution in [0.5, 0.6) is 0 Å². The summed E-state index contributed by atoms with van der Waals surface area (Å²) in [7, 11) is 0. The Balaban J connectivity index is 0.00000338. The summed E-state index contributed by atoms with van der Waals surface area (Å²) in [4.78, 5) is 9.26. The smallest absolute Gasteiger partial charge is 0.194 e. The highest BCUT2D eigenvalue weighted by molar-refractivity contribution is 14.0. The molecule has 0 saturated carbocycles. The molecule has 0 radical (unpaired) electrons. The summed E-state index contributed by atoms with van der Waals surface area (Å²) in [6.45, 7) is 11.3. The van der Waals surface area contributed by atoms with Crippen molar-refractivity contribution in [3.8, 4) is 0 Å². The van der Waals surface area contributed by atoms with Gasteiger partial charge in [-0.15, -0.1) is 24.0 Å². The SMILES string of the molecule is CCNC(=NCC(O)c1ccccc1F)N1CCC(N(CC)CC)C1.I. The van der Waals surface area contributed by atoms with Crippen LogP contribution >= 0.6 is 24.0 Å². The Hall–Kier alpha value is -0.930. The number of likely N-dealkylation sites (N-methyl/N-ethyl adjacent to an activating group) is 1. The molecular weight excluding hydrogens is 446 g/mol. The standard InChI is InChI=1S/C19H31FN4O.HI/c1-4-21-19(24-12-11-15(14-24)23(5-2)6-3)22-13-18(25)16-9-7-8-10-17(16)20;/h7-10,15,18,25H,4-6,11-14H2,1-3H3,(H,21,22);1H. The van der Waals surface area contributed by atoms with Crippen molar-refractivity contribution in [3.05, 3.63) is 35.6 Å². The Morgan fingerprint density at radius 3 is 2.65 bits per heavy atom. The lowest BCUT2D eigenvalue weighted by atomic mass is 10.1. The molecule has 2 unspecified atom stereocenters. The zero-order valence-electron chi connectivity index (χ0n) is 16.0. The van der Waals surface area contributed by atoms with Crippen molar-refractivity contribution in [3.63, 3.8) is 0 Å². The van der Waals surface area contributed by atoms with Crippen LogP contribution in [0.3, 0.4) is 0 Å². The van der Waals surface area contributed by atoms with Gasteiger partial charge >= 0.3 is 0 Å². The summed E-state index contributed by atoms with van der Waals surface area (Å²) < 4.78 is 13.8. The molecule has 1 aliphatic rings. The summed E-state index contributed by atoms with van der Waals surface area (Å²) in [5, 5.41) is 13.6. The highest BCUT2D eigenvalue weighted by atomic mass is 127. The van der Waals surface area contributed by atoms with E-state index in [9.17, 15) is 9.50 Å². The van der Waals surface area contributed by atoms with E-state index in [0.717, 1.165) is 45.1 Å². The van der Waals surface area contributed by atoms with Crippen molar-refractivity contribution in [2.75, 3.05) is 39.3 Å². The Kier molecular flexibility index (Phi) is 10.4. The summed E-state index contributed by atoms with van der Waals surface area (Å²) in [5.41, 5.74) is 0.296. The molecular formula is C19H32FIN4O. The zero-order valence-corrected chi connectivity index (χ0v) is 18.3. The largest absolute Gasteiger partial charge is 0.386 e. The number of rotatable bonds is 7. The van der Waals surface area contributed by atoms with Crippen LogP contribution in [0, 0.1) is 5.82 Å². The first-order chi connectivity index (χ1) is 12.1. The normalized spacial score (nSPS) is 18.8. The van der Waals surface area contributed by atoms with E-state index in [1.165, 1.54) is 6.07 Å². The summed E-state index contributed by atoms with van der Waals surface area (Å²) in [6, 6.07) is 6.86. The van der Waals surface area contributed by atoms with Gasteiger partial charge in [0.1, 0.15) is 11.9 Å². The van der Waals surface area contributed by atoms with Gasteiger partial charge in [-0.3, -0.25) is 9.89 Å². The molecule has 7 heteroatoms. The van der Waals surface area contributed by atoms with Crippen molar-refractivity contribution >= 4 is 29.9 Å². The molecule has 148 valence electrons. The van der Waals surface area contributed by atoms with E-state index in [0.29, 0.717) is 11.6 Å². The topological polar surface area (TPSA) is 51.1 Å². The molecule has 2 rings (SSSR count). The van der Waals surface area contributed by atoms with E-state index >= 15 is 0 Å². The number of guanidine groups is 1. The number of likely N-dealkylation sites (tertiary alicyclic amines) is 1. The summed E-state index contributed by atoms with van der Waals surface area (Å²) in [6.07, 6.45) is 0.179. The molecule has 1 aromatic carbocycles. The van der Waals surface area contributed by atoms with Gasteiger partial charge in [-0.05, 0) is 32.5 Å². The van der Waals surface area contributed by atoms with Crippen molar-refractivity contribution in [1.82, 2.24) is 15.1 Å². The summed E-state index contributed by atoms with van der Waals surface area (Å²) >= 11 is 0. The number of aliphatic imine (C=N–C) groups is 1. The molecule has 26 heavy (non-hydrogen) atoms. The first kappa shape index (κ1) is 23.1. The van der Waals surface area contributed by atoms with Gasteiger partial charge in [-0.25, -0.2) is 4.39 Å². The molecule has 1 saturated heterocycles. The third-order valence-electron chi connectivity index (χ3n) is 4.80. The van der Waals surface area contributed by atoms with Crippen LogP contribution in [0.1, 0.15) is 38.9 Å². The fourth-order valence-electron chi connectivity index (χ4n) is 3.41. The number of hydrogen-bond acceptors (Lipinski definition) is 3. The van der Waals surface area contributed by atoms with E-state index in [4.69, 9.17) is 0 Å². The molecule has 0 aromatic heterocycles. The second kappa shape index (κ2) is 11.7. The van der Waals surface area contributed by atoms with Crippen LogP contribution in [0.2, 0.25) is 0 Å². The number of benzene rings is 1. The fourth-order valence-corrected chi connectivity index (χ4v) is 3.41. The van der Waals surface area contributed by atoms with E-state index in [1.54, 1.807) is 18.2 Å². The van der Waals surface area contributed by atoms with Gasteiger partial charge in [0.2, 0.25) is 0 Å². The monoisotopic (exact) mass is 478 g/mol. The van der Waals surface area contributed by atoms with Gasteiger partial charge in [0.25, 0.3) is 0 Å². The number of nitrogens with zero attached hydrogens (tertiary/aromatic N) is 3. The van der Waals surface area contributed by atoms with Crippen molar-refractivity contribution in [1.29, 1.82) is 0 Å². The molecule has 1 aliphatic heterocycles. The van der Waals surface area contributed by atoms with E-state index in [-0.39, 0.29) is 30.5 Å². The van der Waals surface area contributed by atoms with Gasteiger partial charge in [0.15, 0.2) is 5.96 Å². The summed E-state index contributed by atoms with van der Waals surface area (Å²) in [5.74, 6) is 0.408. The molecule has 1 fully saturated rings. The predicted octanol–water partition coefficient (Wildman–Crippen LogP) is 2.86. The lowest BCUT2D eigenvalue weighted by molar-refractivity contribution is 0.181. The van der Waals surface area contributed by atoms with Crippen LogP contribution in [-0.4, -0.2) is 66.2 Å². The quantitative estimate of drug-likeness (QED) is 0.360. The molecule has 2 atom stereocenters. The Morgan fingerprint density at radius 2 is 2.04 bits per heavy atom. The maximum Gasteiger partial charge on any atom is 0.194 e. The first-order valence-electron chi connectivity index (χ1n) is 9.30. The number of aliphatic hydroxyl groups excluding tert-OH is 1. The zero-order chi connectivity index (χ0) is 18.2. The Morgan fingerprint density at radius 1 is 1.35 bits per heavy atom. The van der Waals surface area contributed by atoms with Gasteiger partial charge in [-0.1, -0.05) is 32.0 Å². The average Bonchev–Trinajstić information content (AvgIpc) is 3.09. The van der Waals surface area contributed by atoms with Crippen molar-refractivity contribution in [2.24, 2.45) is 4.99 Å². The highest BCUT2D eigenvalue weighted by Crippen LogP contribution is 2.18. The Labute approximate surface area is 173 Å². The van der Waals surface area contributed by atoms with Gasteiger partial charge < -0.3 is 15.3 Å². The lowest BCUT2D eigenvalue weighted by Gasteiger charge is -2.27. The molecule has 0 spiro atoms. The highest BCUT2D eigenvalue weighted by Gasteiger charge is 2.28. The molecule has 0 amide bonds. The second-order valence-corrected chi connectivity index (χ2v) is 6.34. The van der Waals surface area contributed by atoms with Gasteiger partial charge in [0.05, 0.1) is 6.54 Å². The number of hydrogen-bond donors (Lipinski definition) is 2. The minimum atomic E-state index is -0.934. The van der Waals surface area contributed by atoms with Crippen LogP contribution < -0.4 is 5.32 Å². The number of aliphatic hydroxyl groups is 1. The van der Waals surface area contributed by atoms with Crippen molar-refractivity contribution < 1.29 is 9.50 Å². The maximum absolute atomic E-state index is 13.8. The van der Waals surface area contributed by atoms with Gasteiger partial charge in [0, 0.05) is 31.2 Å². The fraction of sp³-hybridized carbons (Fsp3) is 0.632. The van der Waals surface area contributed by atoms with Crippen molar-refractivity contribution in [2.45, 2.75) is 39.3 Å². The number of halogens is 2. The first-order valence-corrected chi connectivity index (χ1v) is 9.30. The lowest BCUT2D eigenvalue weighted by Crippen LogP contribution is -2.43. The van der Waals surface area contributed by atoms with Crippen LogP contribution in [0.25, 0.3) is 0 Å². The third kappa shape index (κ3) is 6.06. The van der Waals surface area contributed by atoms with Gasteiger partial charge in [-0.2, -0.15) is 0 Å². The van der Waals surface area contributed by atoms with E-state index < -0.39 is 11.9 Å². The van der Waals surface area contributed by atoms with Crippen LogP contribution in [-0.2, 0) is 0 Å². The molecule has 0 aliphatic carbocycles. The average molecular weight is 478 g/mol. The predicted molar refractivity (Wildman–Crippen MR) is 116 cm³/mol.